The molecule has 172 valence electrons. The average Bonchev–Trinajstić information content (AvgIpc) is 3.58. The van der Waals surface area contributed by atoms with E-state index in [4.69, 9.17) is 4.42 Å². The standard InChI is InChI=1S/C24H22N6O3S/c1-16-21(22(31)26-13-17-6-5-9-25-12-17)34-23(28-16)30-11-10-29(24(30)32)14-19-20(33-15-27-19)18-7-3-2-4-8-18/h2-9,12,15H,10-11,13-14H2,1H3,(H,26,31). The SMILES string of the molecule is Cc1nc(N2CCN(Cc3ncoc3-c3ccccc3)C2=O)sc1C(=O)NCc1cccnc1. The van der Waals surface area contributed by atoms with Crippen molar-refractivity contribution in [2.24, 2.45) is 0 Å². The van der Waals surface area contributed by atoms with Crippen LogP contribution in [0.15, 0.2) is 65.7 Å². The fourth-order valence-electron chi connectivity index (χ4n) is 3.77. The Morgan fingerprint density at radius 1 is 1.18 bits per heavy atom. The second-order valence-electron chi connectivity index (χ2n) is 7.80. The number of urea groups is 1. The van der Waals surface area contributed by atoms with E-state index >= 15 is 0 Å². The quantitative estimate of drug-likeness (QED) is 0.436. The van der Waals surface area contributed by atoms with Gasteiger partial charge in [-0.3, -0.25) is 14.7 Å². The van der Waals surface area contributed by atoms with Crippen molar-refractivity contribution in [1.29, 1.82) is 0 Å². The summed E-state index contributed by atoms with van der Waals surface area (Å²) in [7, 11) is 0. The first-order valence-electron chi connectivity index (χ1n) is 10.8. The molecule has 1 fully saturated rings. The zero-order valence-corrected chi connectivity index (χ0v) is 19.3. The van der Waals surface area contributed by atoms with Crippen LogP contribution in [0.1, 0.15) is 26.6 Å². The number of hydrogen-bond donors (Lipinski definition) is 1. The Morgan fingerprint density at radius 2 is 2.03 bits per heavy atom. The molecular formula is C24H22N6O3S. The largest absolute Gasteiger partial charge is 0.443 e. The number of benzene rings is 1. The molecule has 3 amide bonds. The maximum absolute atomic E-state index is 13.1. The first kappa shape index (κ1) is 21.8. The van der Waals surface area contributed by atoms with Crippen molar-refractivity contribution in [3.8, 4) is 11.3 Å². The Balaban J connectivity index is 1.26. The highest BCUT2D eigenvalue weighted by molar-refractivity contribution is 7.17. The molecule has 0 saturated carbocycles. The average molecular weight is 475 g/mol. The van der Waals surface area contributed by atoms with Crippen molar-refractivity contribution in [3.05, 3.63) is 83.1 Å². The number of amides is 3. The smallest absolute Gasteiger partial charge is 0.326 e. The van der Waals surface area contributed by atoms with E-state index in [1.807, 2.05) is 42.5 Å². The van der Waals surface area contributed by atoms with E-state index in [0.29, 0.717) is 53.3 Å². The van der Waals surface area contributed by atoms with Crippen molar-refractivity contribution < 1.29 is 14.0 Å². The molecule has 9 nitrogen and oxygen atoms in total. The van der Waals surface area contributed by atoms with Crippen molar-refractivity contribution in [2.75, 3.05) is 18.0 Å². The van der Waals surface area contributed by atoms with Crippen LogP contribution in [0.4, 0.5) is 9.93 Å². The van der Waals surface area contributed by atoms with Crippen molar-refractivity contribution >= 4 is 28.4 Å². The summed E-state index contributed by atoms with van der Waals surface area (Å²) in [6.45, 7) is 3.50. The van der Waals surface area contributed by atoms with E-state index in [1.165, 1.54) is 17.7 Å². The lowest BCUT2D eigenvalue weighted by Crippen LogP contribution is -2.31. The minimum absolute atomic E-state index is 0.168. The van der Waals surface area contributed by atoms with Gasteiger partial charge in [-0.25, -0.2) is 14.8 Å². The Labute approximate surface area is 200 Å². The molecule has 0 spiro atoms. The van der Waals surface area contributed by atoms with Crippen LogP contribution < -0.4 is 10.2 Å². The number of nitrogens with one attached hydrogen (secondary N) is 1. The number of aromatic nitrogens is 3. The minimum atomic E-state index is -0.219. The number of rotatable bonds is 7. The van der Waals surface area contributed by atoms with Crippen LogP contribution in [0.25, 0.3) is 11.3 Å². The van der Waals surface area contributed by atoms with E-state index in [-0.39, 0.29) is 11.9 Å². The number of aryl methyl sites for hydroxylation is 1. The van der Waals surface area contributed by atoms with E-state index in [1.54, 1.807) is 29.1 Å². The second kappa shape index (κ2) is 9.44. The highest BCUT2D eigenvalue weighted by Crippen LogP contribution is 2.30. The molecule has 1 aliphatic heterocycles. The third-order valence-electron chi connectivity index (χ3n) is 5.51. The summed E-state index contributed by atoms with van der Waals surface area (Å²) in [6, 6.07) is 13.2. The molecule has 1 aliphatic rings. The van der Waals surface area contributed by atoms with Crippen LogP contribution in [0.2, 0.25) is 0 Å². The van der Waals surface area contributed by atoms with Gasteiger partial charge in [0.2, 0.25) is 0 Å². The monoisotopic (exact) mass is 474 g/mol. The van der Waals surface area contributed by atoms with Gasteiger partial charge in [-0.05, 0) is 18.6 Å². The molecule has 5 rings (SSSR count). The molecule has 0 unspecified atom stereocenters. The zero-order chi connectivity index (χ0) is 23.5. The molecule has 1 saturated heterocycles. The van der Waals surface area contributed by atoms with Gasteiger partial charge in [-0.2, -0.15) is 0 Å². The predicted octanol–water partition coefficient (Wildman–Crippen LogP) is 3.87. The molecule has 10 heteroatoms. The van der Waals surface area contributed by atoms with Crippen LogP contribution in [-0.4, -0.2) is 44.9 Å². The fourth-order valence-corrected chi connectivity index (χ4v) is 4.77. The van der Waals surface area contributed by atoms with Crippen molar-refractivity contribution in [2.45, 2.75) is 20.0 Å². The molecule has 3 aromatic heterocycles. The third-order valence-corrected chi connectivity index (χ3v) is 6.69. The van der Waals surface area contributed by atoms with Crippen LogP contribution in [-0.2, 0) is 13.1 Å². The fraction of sp³-hybridized carbons (Fsp3) is 0.208. The Morgan fingerprint density at radius 3 is 2.82 bits per heavy atom. The van der Waals surface area contributed by atoms with Gasteiger partial charge in [0.15, 0.2) is 17.3 Å². The predicted molar refractivity (Wildman–Crippen MR) is 127 cm³/mol. The van der Waals surface area contributed by atoms with Gasteiger partial charge in [0.1, 0.15) is 10.6 Å². The third kappa shape index (κ3) is 4.40. The molecule has 4 heterocycles. The maximum Gasteiger partial charge on any atom is 0.326 e. The molecule has 0 radical (unpaired) electrons. The van der Waals surface area contributed by atoms with E-state index < -0.39 is 0 Å². The lowest BCUT2D eigenvalue weighted by atomic mass is 10.1. The topological polar surface area (TPSA) is 104 Å². The molecular weight excluding hydrogens is 452 g/mol. The van der Waals surface area contributed by atoms with Crippen LogP contribution in [0, 0.1) is 6.92 Å². The van der Waals surface area contributed by atoms with Gasteiger partial charge in [0.25, 0.3) is 5.91 Å². The molecule has 0 bridgehead atoms. The normalized spacial score (nSPS) is 13.5. The number of carbonyl (C=O) groups is 2. The summed E-state index contributed by atoms with van der Waals surface area (Å²) >= 11 is 1.22. The highest BCUT2D eigenvalue weighted by atomic mass is 32.1. The maximum atomic E-state index is 13.1. The summed E-state index contributed by atoms with van der Waals surface area (Å²) in [4.78, 5) is 42.5. The van der Waals surface area contributed by atoms with Crippen LogP contribution in [0.5, 0.6) is 0 Å². The van der Waals surface area contributed by atoms with Crippen molar-refractivity contribution in [1.82, 2.24) is 25.2 Å². The highest BCUT2D eigenvalue weighted by Gasteiger charge is 2.33. The van der Waals surface area contributed by atoms with Gasteiger partial charge >= 0.3 is 6.03 Å². The number of oxazole rings is 1. The van der Waals surface area contributed by atoms with E-state index in [0.717, 1.165) is 11.1 Å². The summed E-state index contributed by atoms with van der Waals surface area (Å²) < 4.78 is 5.59. The number of thiazole rings is 1. The first-order valence-corrected chi connectivity index (χ1v) is 11.6. The number of anilines is 1. The van der Waals surface area contributed by atoms with Gasteiger partial charge < -0.3 is 14.6 Å². The molecule has 1 N–H and O–H groups in total. The molecule has 34 heavy (non-hydrogen) atoms. The van der Waals surface area contributed by atoms with Gasteiger partial charge in [0, 0.05) is 37.6 Å². The zero-order valence-electron chi connectivity index (χ0n) is 18.5. The summed E-state index contributed by atoms with van der Waals surface area (Å²) in [5.74, 6) is 0.438. The lowest BCUT2D eigenvalue weighted by molar-refractivity contribution is 0.0954. The number of nitrogens with zero attached hydrogens (tertiary/aromatic N) is 5. The van der Waals surface area contributed by atoms with Gasteiger partial charge in [-0.15, -0.1) is 0 Å². The van der Waals surface area contributed by atoms with Crippen LogP contribution in [0.3, 0.4) is 0 Å². The summed E-state index contributed by atoms with van der Waals surface area (Å²) in [5.41, 5.74) is 3.12. The number of pyridine rings is 1. The number of hydrogen-bond acceptors (Lipinski definition) is 7. The minimum Gasteiger partial charge on any atom is -0.443 e. The Hall–Kier alpha value is -4.05. The van der Waals surface area contributed by atoms with Gasteiger partial charge in [-0.1, -0.05) is 47.7 Å². The summed E-state index contributed by atoms with van der Waals surface area (Å²) in [6.07, 6.45) is 4.80. The Kier molecular flexibility index (Phi) is 6.05. The van der Waals surface area contributed by atoms with Crippen molar-refractivity contribution in [3.63, 3.8) is 0 Å². The molecule has 4 aromatic rings. The second-order valence-corrected chi connectivity index (χ2v) is 8.78. The first-order chi connectivity index (χ1) is 16.6. The van der Waals surface area contributed by atoms with E-state index in [9.17, 15) is 9.59 Å². The molecule has 0 aliphatic carbocycles. The van der Waals surface area contributed by atoms with E-state index in [2.05, 4.69) is 20.3 Å². The number of carbonyl (C=O) groups excluding carboxylic acids is 2. The molecule has 0 atom stereocenters. The Bertz CT molecular complexity index is 1300. The van der Waals surface area contributed by atoms with Crippen LogP contribution >= 0.6 is 11.3 Å². The lowest BCUT2D eigenvalue weighted by Gasteiger charge is -2.16. The summed E-state index contributed by atoms with van der Waals surface area (Å²) in [5, 5.41) is 3.40. The molecule has 1 aromatic carbocycles. The van der Waals surface area contributed by atoms with Gasteiger partial charge in [0.05, 0.1) is 12.2 Å².